The lowest BCUT2D eigenvalue weighted by atomic mass is 9.97. The van der Waals surface area contributed by atoms with Gasteiger partial charge >= 0.3 is 0 Å². The first-order valence-corrected chi connectivity index (χ1v) is 4.81. The second-order valence-electron chi connectivity index (χ2n) is 3.16. The molecule has 1 aromatic heterocycles. The molecule has 0 bridgehead atoms. The third-order valence-corrected chi connectivity index (χ3v) is 2.35. The molecule has 1 rings (SSSR count). The van der Waals surface area contributed by atoms with E-state index in [4.69, 9.17) is 16.0 Å². The van der Waals surface area contributed by atoms with Crippen molar-refractivity contribution in [1.82, 2.24) is 0 Å². The number of ketones is 1. The van der Waals surface area contributed by atoms with Crippen molar-refractivity contribution in [2.24, 2.45) is 5.92 Å². The minimum absolute atomic E-state index is 0.0279. The number of furan rings is 1. The van der Waals surface area contributed by atoms with Crippen molar-refractivity contribution in [2.75, 3.05) is 0 Å². The number of Topliss-reactive ketones (excluding diaryl/α,β-unsaturated/α-hetero) is 1. The van der Waals surface area contributed by atoms with Gasteiger partial charge in [-0.1, -0.05) is 20.3 Å². The van der Waals surface area contributed by atoms with Gasteiger partial charge in [0.2, 0.25) is 5.22 Å². The van der Waals surface area contributed by atoms with Crippen LogP contribution in [0.4, 0.5) is 0 Å². The molecular weight excluding hydrogens is 188 g/mol. The van der Waals surface area contributed by atoms with Crippen molar-refractivity contribution in [3.63, 3.8) is 0 Å². The van der Waals surface area contributed by atoms with Gasteiger partial charge in [-0.05, 0) is 24.1 Å². The minimum Gasteiger partial charge on any atom is -0.452 e. The van der Waals surface area contributed by atoms with E-state index < -0.39 is 0 Å². The lowest BCUT2D eigenvalue weighted by molar-refractivity contribution is 0.0923. The Hall–Kier alpha value is -0.760. The van der Waals surface area contributed by atoms with E-state index in [0.29, 0.717) is 5.56 Å². The summed E-state index contributed by atoms with van der Waals surface area (Å²) in [6, 6.07) is 1.62. The van der Waals surface area contributed by atoms with E-state index in [-0.39, 0.29) is 16.9 Å². The molecule has 0 N–H and O–H groups in total. The maximum Gasteiger partial charge on any atom is 0.203 e. The normalized spacial score (nSPS) is 12.8. The molecule has 0 aliphatic rings. The van der Waals surface area contributed by atoms with E-state index in [9.17, 15) is 4.79 Å². The first-order chi connectivity index (χ1) is 6.16. The van der Waals surface area contributed by atoms with Gasteiger partial charge in [0.25, 0.3) is 0 Å². The molecule has 0 radical (unpaired) electrons. The summed E-state index contributed by atoms with van der Waals surface area (Å²) in [5, 5.41) is 0.202. The molecule has 0 aliphatic carbocycles. The van der Waals surface area contributed by atoms with Crippen LogP contribution in [0.25, 0.3) is 0 Å². The molecule has 2 nitrogen and oxygen atoms in total. The number of carbonyl (C=O) groups excluding carboxylic acids is 1. The van der Waals surface area contributed by atoms with Gasteiger partial charge in [0.15, 0.2) is 5.78 Å². The Morgan fingerprint density at radius 3 is 2.85 bits per heavy atom. The zero-order valence-electron chi connectivity index (χ0n) is 7.84. The van der Waals surface area contributed by atoms with Crippen LogP contribution in [-0.4, -0.2) is 5.78 Å². The first kappa shape index (κ1) is 10.3. The van der Waals surface area contributed by atoms with E-state index in [1.807, 2.05) is 6.92 Å². The molecule has 0 aliphatic heterocycles. The molecule has 1 unspecified atom stereocenters. The van der Waals surface area contributed by atoms with E-state index in [1.165, 1.54) is 6.26 Å². The van der Waals surface area contributed by atoms with Crippen molar-refractivity contribution in [3.05, 3.63) is 23.1 Å². The fraction of sp³-hybridized carbons (Fsp3) is 0.500. The Kier molecular flexibility index (Phi) is 3.55. The van der Waals surface area contributed by atoms with Crippen LogP contribution in [0.5, 0.6) is 0 Å². The molecule has 72 valence electrons. The van der Waals surface area contributed by atoms with Crippen LogP contribution < -0.4 is 0 Å². The molecule has 0 saturated heterocycles. The number of hydrogen-bond acceptors (Lipinski definition) is 2. The first-order valence-electron chi connectivity index (χ1n) is 4.44. The molecule has 0 saturated carbocycles. The van der Waals surface area contributed by atoms with E-state index >= 15 is 0 Å². The van der Waals surface area contributed by atoms with Crippen LogP contribution in [0.3, 0.4) is 0 Å². The summed E-state index contributed by atoms with van der Waals surface area (Å²) in [5.41, 5.74) is 0.502. The van der Waals surface area contributed by atoms with E-state index in [1.54, 1.807) is 6.07 Å². The van der Waals surface area contributed by atoms with Gasteiger partial charge in [-0.2, -0.15) is 0 Å². The van der Waals surface area contributed by atoms with E-state index in [0.717, 1.165) is 12.8 Å². The zero-order chi connectivity index (χ0) is 9.84. The summed E-state index contributed by atoms with van der Waals surface area (Å²) in [7, 11) is 0. The highest BCUT2D eigenvalue weighted by atomic mass is 35.5. The summed E-state index contributed by atoms with van der Waals surface area (Å²) in [6.07, 6.45) is 3.33. The van der Waals surface area contributed by atoms with Crippen LogP contribution in [0.15, 0.2) is 16.7 Å². The molecule has 0 aromatic carbocycles. The second kappa shape index (κ2) is 4.47. The smallest absolute Gasteiger partial charge is 0.203 e. The molecule has 1 aromatic rings. The fourth-order valence-corrected chi connectivity index (χ4v) is 1.51. The van der Waals surface area contributed by atoms with Crippen molar-refractivity contribution in [2.45, 2.75) is 26.7 Å². The van der Waals surface area contributed by atoms with Gasteiger partial charge in [0.05, 0.1) is 11.8 Å². The lowest BCUT2D eigenvalue weighted by Gasteiger charge is -2.06. The highest BCUT2D eigenvalue weighted by molar-refractivity contribution is 6.32. The lowest BCUT2D eigenvalue weighted by Crippen LogP contribution is -2.10. The average molecular weight is 201 g/mol. The molecule has 1 atom stereocenters. The SMILES string of the molecule is CCCC(C)C(=O)c1ccoc1Cl. The van der Waals surface area contributed by atoms with Crippen molar-refractivity contribution in [3.8, 4) is 0 Å². The quantitative estimate of drug-likeness (QED) is 0.696. The predicted octanol–water partition coefficient (Wildman–Crippen LogP) is 3.55. The van der Waals surface area contributed by atoms with Crippen LogP contribution in [0.1, 0.15) is 37.0 Å². The largest absolute Gasteiger partial charge is 0.452 e. The van der Waals surface area contributed by atoms with Gasteiger partial charge in [0.1, 0.15) is 0 Å². The monoisotopic (exact) mass is 200 g/mol. The van der Waals surface area contributed by atoms with Crippen LogP contribution in [0.2, 0.25) is 5.22 Å². The summed E-state index contributed by atoms with van der Waals surface area (Å²) in [4.78, 5) is 11.7. The summed E-state index contributed by atoms with van der Waals surface area (Å²) < 4.78 is 4.86. The predicted molar refractivity (Wildman–Crippen MR) is 52.1 cm³/mol. The Morgan fingerprint density at radius 1 is 1.69 bits per heavy atom. The summed E-state index contributed by atoms with van der Waals surface area (Å²) in [5.74, 6) is 0.0979. The molecule has 0 spiro atoms. The maximum atomic E-state index is 11.7. The second-order valence-corrected chi connectivity index (χ2v) is 3.51. The number of carbonyl (C=O) groups is 1. The fourth-order valence-electron chi connectivity index (χ4n) is 1.30. The Bertz CT molecular complexity index is 291. The third kappa shape index (κ3) is 2.34. The van der Waals surface area contributed by atoms with Crippen molar-refractivity contribution >= 4 is 17.4 Å². The molecule has 3 heteroatoms. The standard InChI is InChI=1S/C10H13ClO2/c1-3-4-7(2)9(12)8-5-6-13-10(8)11/h5-7H,3-4H2,1-2H3. The van der Waals surface area contributed by atoms with Gasteiger partial charge in [-0.3, -0.25) is 4.79 Å². The van der Waals surface area contributed by atoms with Gasteiger partial charge in [0, 0.05) is 5.92 Å². The van der Waals surface area contributed by atoms with Crippen molar-refractivity contribution < 1.29 is 9.21 Å². The summed E-state index contributed by atoms with van der Waals surface area (Å²) in [6.45, 7) is 3.97. The Morgan fingerprint density at radius 2 is 2.38 bits per heavy atom. The van der Waals surface area contributed by atoms with Gasteiger partial charge in [-0.25, -0.2) is 0 Å². The zero-order valence-corrected chi connectivity index (χ0v) is 8.60. The molecule has 13 heavy (non-hydrogen) atoms. The topological polar surface area (TPSA) is 30.2 Å². The highest BCUT2D eigenvalue weighted by Crippen LogP contribution is 2.21. The maximum absolute atomic E-state index is 11.7. The Balaban J connectivity index is 2.73. The molecule has 0 amide bonds. The van der Waals surface area contributed by atoms with Gasteiger partial charge in [-0.15, -0.1) is 0 Å². The Labute approximate surface area is 82.9 Å². The number of halogens is 1. The third-order valence-electron chi connectivity index (χ3n) is 2.05. The summed E-state index contributed by atoms with van der Waals surface area (Å²) >= 11 is 5.69. The van der Waals surface area contributed by atoms with Crippen LogP contribution in [0, 0.1) is 5.92 Å². The average Bonchev–Trinajstić information content (AvgIpc) is 2.50. The van der Waals surface area contributed by atoms with Crippen LogP contribution >= 0.6 is 11.6 Å². The molecule has 1 heterocycles. The highest BCUT2D eigenvalue weighted by Gasteiger charge is 2.18. The van der Waals surface area contributed by atoms with Crippen LogP contribution in [-0.2, 0) is 0 Å². The van der Waals surface area contributed by atoms with Gasteiger partial charge < -0.3 is 4.42 Å². The number of rotatable bonds is 4. The molecule has 0 fully saturated rings. The molecular formula is C10H13ClO2. The minimum atomic E-state index is 0.0279. The number of hydrogen-bond donors (Lipinski definition) is 0. The van der Waals surface area contributed by atoms with E-state index in [2.05, 4.69) is 6.92 Å². The van der Waals surface area contributed by atoms with Crippen molar-refractivity contribution in [1.29, 1.82) is 0 Å².